The second kappa shape index (κ2) is 7.58. The molecule has 1 N–H and O–H groups in total. The van der Waals surface area contributed by atoms with Gasteiger partial charge in [0.25, 0.3) is 0 Å². The summed E-state index contributed by atoms with van der Waals surface area (Å²) in [4.78, 5) is 1.44. The smallest absolute Gasteiger partial charge is 0.0314 e. The van der Waals surface area contributed by atoms with Gasteiger partial charge in [0.1, 0.15) is 0 Å². The Labute approximate surface area is 135 Å². The third-order valence-corrected chi connectivity index (χ3v) is 5.57. The molecule has 1 nitrogen and oxygen atoms in total. The van der Waals surface area contributed by atoms with Crippen molar-refractivity contribution in [3.63, 3.8) is 0 Å². The van der Waals surface area contributed by atoms with Gasteiger partial charge >= 0.3 is 0 Å². The lowest BCUT2D eigenvalue weighted by molar-refractivity contribution is 0.496. The van der Waals surface area contributed by atoms with Crippen molar-refractivity contribution in [2.24, 2.45) is 5.92 Å². The number of halogens is 2. The summed E-state index contributed by atoms with van der Waals surface area (Å²) in [6.07, 6.45) is 2.23. The lowest BCUT2D eigenvalue weighted by atomic mass is 9.95. The van der Waals surface area contributed by atoms with Crippen molar-refractivity contribution in [3.05, 3.63) is 55.1 Å². The molecule has 0 bridgehead atoms. The third-order valence-electron chi connectivity index (χ3n) is 3.10. The molecule has 19 heavy (non-hydrogen) atoms. The zero-order valence-electron chi connectivity index (χ0n) is 10.8. The van der Waals surface area contributed by atoms with Crippen molar-refractivity contribution in [3.8, 4) is 0 Å². The molecule has 1 atom stereocenters. The van der Waals surface area contributed by atoms with Crippen LogP contribution in [-0.4, -0.2) is 13.6 Å². The Balaban J connectivity index is 2.03. The molecule has 0 spiro atoms. The van der Waals surface area contributed by atoms with E-state index in [1.807, 2.05) is 18.4 Å². The predicted octanol–water partition coefficient (Wildman–Crippen LogP) is 4.89. The highest BCUT2D eigenvalue weighted by molar-refractivity contribution is 9.10. The number of thiophene rings is 1. The van der Waals surface area contributed by atoms with Crippen molar-refractivity contribution in [1.82, 2.24) is 5.32 Å². The summed E-state index contributed by atoms with van der Waals surface area (Å²) in [5.74, 6) is 0.626. The van der Waals surface area contributed by atoms with E-state index in [0.29, 0.717) is 5.92 Å². The summed E-state index contributed by atoms with van der Waals surface area (Å²) in [6, 6.07) is 10.8. The van der Waals surface area contributed by atoms with Gasteiger partial charge < -0.3 is 5.32 Å². The van der Waals surface area contributed by atoms with Crippen LogP contribution < -0.4 is 5.32 Å². The first-order chi connectivity index (χ1) is 9.19. The summed E-state index contributed by atoms with van der Waals surface area (Å²) < 4.78 is 2.39. The molecule has 2 rings (SSSR count). The summed E-state index contributed by atoms with van der Waals surface area (Å²) in [6.45, 7) is 1.04. The number of rotatable bonds is 6. The van der Waals surface area contributed by atoms with E-state index in [1.54, 1.807) is 0 Å². The van der Waals surface area contributed by atoms with Crippen LogP contribution in [0, 0.1) is 5.92 Å². The molecular weight excluding hydrogens is 386 g/mol. The predicted molar refractivity (Wildman–Crippen MR) is 91.0 cm³/mol. The first-order valence-corrected chi connectivity index (χ1v) is 8.76. The Hall–Kier alpha value is -0.160. The van der Waals surface area contributed by atoms with Gasteiger partial charge in [-0.3, -0.25) is 0 Å². The molecule has 0 aliphatic carbocycles. The summed E-state index contributed by atoms with van der Waals surface area (Å²) >= 11 is 8.94. The first kappa shape index (κ1) is 15.2. The van der Waals surface area contributed by atoms with Gasteiger partial charge in [-0.2, -0.15) is 0 Å². The van der Waals surface area contributed by atoms with Gasteiger partial charge in [-0.1, -0.05) is 28.1 Å². The van der Waals surface area contributed by atoms with Crippen LogP contribution >= 0.6 is 43.2 Å². The fraction of sp³-hybridized carbons (Fsp3) is 0.333. The third kappa shape index (κ3) is 4.71. The summed E-state index contributed by atoms with van der Waals surface area (Å²) in [7, 11) is 2.03. The monoisotopic (exact) mass is 401 g/mol. The van der Waals surface area contributed by atoms with Crippen LogP contribution in [0.1, 0.15) is 10.4 Å². The molecule has 1 unspecified atom stereocenters. The topological polar surface area (TPSA) is 12.0 Å². The van der Waals surface area contributed by atoms with Crippen LogP contribution in [0.5, 0.6) is 0 Å². The van der Waals surface area contributed by atoms with Crippen LogP contribution in [0.25, 0.3) is 0 Å². The molecular formula is C15H17Br2NS. The maximum Gasteiger partial charge on any atom is 0.0314 e. The van der Waals surface area contributed by atoms with Gasteiger partial charge in [0.15, 0.2) is 0 Å². The highest BCUT2D eigenvalue weighted by Crippen LogP contribution is 2.26. The van der Waals surface area contributed by atoms with Crippen LogP contribution in [-0.2, 0) is 12.8 Å². The van der Waals surface area contributed by atoms with Gasteiger partial charge in [0, 0.05) is 13.8 Å². The standard InChI is InChI=1S/C15H17Br2NS/c1-18-10-12(9-15-14(17)6-7-19-15)8-11-2-4-13(16)5-3-11/h2-7,12,18H,8-10H2,1H3. The van der Waals surface area contributed by atoms with Gasteiger partial charge in [-0.15, -0.1) is 11.3 Å². The Morgan fingerprint density at radius 2 is 1.84 bits per heavy atom. The highest BCUT2D eigenvalue weighted by atomic mass is 79.9. The van der Waals surface area contributed by atoms with E-state index in [-0.39, 0.29) is 0 Å². The minimum atomic E-state index is 0.626. The number of benzene rings is 1. The quantitative estimate of drug-likeness (QED) is 0.724. The van der Waals surface area contributed by atoms with E-state index in [9.17, 15) is 0 Å². The van der Waals surface area contributed by atoms with Crippen molar-refractivity contribution >= 4 is 43.2 Å². The van der Waals surface area contributed by atoms with Crippen LogP contribution in [0.2, 0.25) is 0 Å². The molecule has 4 heteroatoms. The van der Waals surface area contributed by atoms with E-state index in [0.717, 1.165) is 23.9 Å². The maximum atomic E-state index is 3.62. The second-order valence-corrected chi connectivity index (χ2v) is 7.42. The minimum absolute atomic E-state index is 0.626. The van der Waals surface area contributed by atoms with Gasteiger partial charge in [0.05, 0.1) is 0 Å². The number of nitrogens with one attached hydrogen (secondary N) is 1. The fourth-order valence-corrected chi connectivity index (χ4v) is 4.09. The average Bonchev–Trinajstić information content (AvgIpc) is 2.78. The van der Waals surface area contributed by atoms with Crippen molar-refractivity contribution in [2.45, 2.75) is 12.8 Å². The van der Waals surface area contributed by atoms with Gasteiger partial charge in [0.2, 0.25) is 0 Å². The molecule has 1 heterocycles. The lowest BCUT2D eigenvalue weighted by Crippen LogP contribution is -2.22. The molecule has 1 aromatic heterocycles. The Morgan fingerprint density at radius 1 is 1.11 bits per heavy atom. The SMILES string of the molecule is CNCC(Cc1ccc(Br)cc1)Cc1sccc1Br. The molecule has 1 aromatic carbocycles. The van der Waals surface area contributed by atoms with Gasteiger partial charge in [-0.05, 0) is 77.4 Å². The van der Waals surface area contributed by atoms with Crippen molar-refractivity contribution < 1.29 is 0 Å². The minimum Gasteiger partial charge on any atom is -0.319 e. The fourth-order valence-electron chi connectivity index (χ4n) is 2.19. The van der Waals surface area contributed by atoms with Crippen molar-refractivity contribution in [1.29, 1.82) is 0 Å². The summed E-state index contributed by atoms with van der Waals surface area (Å²) in [5, 5.41) is 5.46. The normalized spacial score (nSPS) is 12.6. The maximum absolute atomic E-state index is 3.62. The Bertz CT molecular complexity index is 507. The molecule has 0 radical (unpaired) electrons. The van der Waals surface area contributed by atoms with E-state index in [2.05, 4.69) is 72.9 Å². The Kier molecular flexibility index (Phi) is 6.07. The second-order valence-electron chi connectivity index (χ2n) is 4.65. The lowest BCUT2D eigenvalue weighted by Gasteiger charge is -2.16. The van der Waals surface area contributed by atoms with Crippen LogP contribution in [0.3, 0.4) is 0 Å². The zero-order chi connectivity index (χ0) is 13.7. The highest BCUT2D eigenvalue weighted by Gasteiger charge is 2.13. The first-order valence-electron chi connectivity index (χ1n) is 6.30. The zero-order valence-corrected chi connectivity index (χ0v) is 14.8. The number of hydrogen-bond donors (Lipinski definition) is 1. The molecule has 0 saturated carbocycles. The van der Waals surface area contributed by atoms with Crippen LogP contribution in [0.4, 0.5) is 0 Å². The largest absolute Gasteiger partial charge is 0.319 e. The molecule has 0 aliphatic heterocycles. The molecule has 102 valence electrons. The average molecular weight is 403 g/mol. The molecule has 0 amide bonds. The van der Waals surface area contributed by atoms with E-state index in [1.165, 1.54) is 14.9 Å². The van der Waals surface area contributed by atoms with E-state index < -0.39 is 0 Å². The van der Waals surface area contributed by atoms with E-state index in [4.69, 9.17) is 0 Å². The molecule has 0 fully saturated rings. The van der Waals surface area contributed by atoms with Gasteiger partial charge in [-0.25, -0.2) is 0 Å². The van der Waals surface area contributed by atoms with E-state index >= 15 is 0 Å². The number of hydrogen-bond acceptors (Lipinski definition) is 2. The van der Waals surface area contributed by atoms with Crippen molar-refractivity contribution in [2.75, 3.05) is 13.6 Å². The summed E-state index contributed by atoms with van der Waals surface area (Å²) in [5.41, 5.74) is 1.40. The molecule has 0 saturated heterocycles. The Morgan fingerprint density at radius 3 is 2.42 bits per heavy atom. The molecule has 2 aromatic rings. The molecule has 0 aliphatic rings. The van der Waals surface area contributed by atoms with Crippen LogP contribution in [0.15, 0.2) is 44.7 Å².